The first kappa shape index (κ1) is 19.5. The van der Waals surface area contributed by atoms with Crippen LogP contribution in [0.4, 0.5) is 0 Å². The highest BCUT2D eigenvalue weighted by atomic mass is 127. The minimum atomic E-state index is 0. The van der Waals surface area contributed by atoms with Gasteiger partial charge in [0.2, 0.25) is 0 Å². The second-order valence-corrected chi connectivity index (χ2v) is 6.53. The molecule has 0 amide bonds. The van der Waals surface area contributed by atoms with Gasteiger partial charge in [0.15, 0.2) is 5.96 Å². The third-order valence-electron chi connectivity index (χ3n) is 2.98. The van der Waals surface area contributed by atoms with Crippen molar-refractivity contribution >= 4 is 41.7 Å². The van der Waals surface area contributed by atoms with E-state index in [2.05, 4.69) is 40.5 Å². The summed E-state index contributed by atoms with van der Waals surface area (Å²) in [5.74, 6) is 1.78. The Bertz CT molecular complexity index is 431. The lowest BCUT2D eigenvalue weighted by molar-refractivity contribution is 0.445. The lowest BCUT2D eigenvalue weighted by Crippen LogP contribution is -2.44. The normalized spacial score (nSPS) is 12.0. The van der Waals surface area contributed by atoms with Crippen LogP contribution in [0.15, 0.2) is 11.3 Å². The molecule has 1 aromatic heterocycles. The molecule has 0 bridgehead atoms. The molecular formula is C12H25IN6S. The predicted molar refractivity (Wildman–Crippen MR) is 96.8 cm³/mol. The molecule has 1 N–H and O–H groups in total. The Hall–Kier alpha value is -0.510. The zero-order valence-electron chi connectivity index (χ0n) is 13.0. The van der Waals surface area contributed by atoms with Crippen molar-refractivity contribution in [1.82, 2.24) is 25.0 Å². The van der Waals surface area contributed by atoms with Gasteiger partial charge in [0, 0.05) is 32.4 Å². The molecule has 0 aliphatic rings. The lowest BCUT2D eigenvalue weighted by atomic mass is 10.2. The fourth-order valence-corrected chi connectivity index (χ4v) is 1.72. The van der Waals surface area contributed by atoms with E-state index in [4.69, 9.17) is 0 Å². The summed E-state index contributed by atoms with van der Waals surface area (Å²) in [5.41, 5.74) is 0. The molecule has 116 valence electrons. The quantitative estimate of drug-likeness (QED) is 0.452. The van der Waals surface area contributed by atoms with E-state index in [0.29, 0.717) is 6.54 Å². The molecule has 0 aliphatic heterocycles. The van der Waals surface area contributed by atoms with Crippen LogP contribution in [-0.2, 0) is 13.6 Å². The minimum absolute atomic E-state index is 0. The Labute approximate surface area is 142 Å². The van der Waals surface area contributed by atoms with E-state index in [-0.39, 0.29) is 28.7 Å². The van der Waals surface area contributed by atoms with Crippen molar-refractivity contribution in [2.45, 2.75) is 25.1 Å². The van der Waals surface area contributed by atoms with Crippen LogP contribution in [0.5, 0.6) is 0 Å². The van der Waals surface area contributed by atoms with Gasteiger partial charge in [-0.05, 0) is 20.1 Å². The van der Waals surface area contributed by atoms with E-state index in [0.717, 1.165) is 18.3 Å². The monoisotopic (exact) mass is 412 g/mol. The van der Waals surface area contributed by atoms with E-state index in [1.807, 2.05) is 30.8 Å². The first-order chi connectivity index (χ1) is 8.89. The van der Waals surface area contributed by atoms with Crippen LogP contribution in [0, 0.1) is 0 Å². The molecule has 0 aliphatic carbocycles. The van der Waals surface area contributed by atoms with Crippen LogP contribution in [0.25, 0.3) is 0 Å². The molecule has 0 atom stereocenters. The van der Waals surface area contributed by atoms with Gasteiger partial charge < -0.3 is 10.2 Å². The Balaban J connectivity index is 0.00000361. The van der Waals surface area contributed by atoms with E-state index in [1.165, 1.54) is 0 Å². The summed E-state index contributed by atoms with van der Waals surface area (Å²) in [4.78, 5) is 10.6. The molecule has 6 nitrogen and oxygen atoms in total. The number of aliphatic imine (C=N–C) groups is 1. The van der Waals surface area contributed by atoms with Crippen LogP contribution in [-0.4, -0.2) is 57.3 Å². The largest absolute Gasteiger partial charge is 0.355 e. The summed E-state index contributed by atoms with van der Waals surface area (Å²) in [7, 11) is 5.68. The van der Waals surface area contributed by atoms with Gasteiger partial charge in [-0.15, -0.1) is 24.0 Å². The number of nitrogens with zero attached hydrogens (tertiary/aromatic N) is 5. The van der Waals surface area contributed by atoms with Gasteiger partial charge in [-0.1, -0.05) is 0 Å². The van der Waals surface area contributed by atoms with Gasteiger partial charge in [0.1, 0.15) is 12.2 Å². The molecule has 20 heavy (non-hydrogen) atoms. The van der Waals surface area contributed by atoms with Gasteiger partial charge in [-0.3, -0.25) is 9.67 Å². The number of thioether (sulfide) groups is 1. The zero-order valence-corrected chi connectivity index (χ0v) is 16.2. The number of hydrogen-bond acceptors (Lipinski definition) is 4. The first-order valence-electron chi connectivity index (χ1n) is 6.19. The number of guanidine groups is 1. The SMILES string of the molecule is CN=C(NCC(C)(C)SC)N(C)Cc1ncnn1C.I. The van der Waals surface area contributed by atoms with E-state index in [1.54, 1.807) is 18.1 Å². The van der Waals surface area contributed by atoms with Crippen LogP contribution in [0.1, 0.15) is 19.7 Å². The van der Waals surface area contributed by atoms with Gasteiger partial charge in [0.25, 0.3) is 0 Å². The van der Waals surface area contributed by atoms with Crippen LogP contribution < -0.4 is 5.32 Å². The molecule has 8 heteroatoms. The van der Waals surface area contributed by atoms with Crippen molar-refractivity contribution in [1.29, 1.82) is 0 Å². The Morgan fingerprint density at radius 2 is 2.20 bits per heavy atom. The van der Waals surface area contributed by atoms with Crippen molar-refractivity contribution in [2.24, 2.45) is 12.0 Å². The molecular weight excluding hydrogens is 387 g/mol. The summed E-state index contributed by atoms with van der Waals surface area (Å²) >= 11 is 1.84. The van der Waals surface area contributed by atoms with Gasteiger partial charge in [-0.2, -0.15) is 16.9 Å². The fraction of sp³-hybridized carbons (Fsp3) is 0.750. The average molecular weight is 412 g/mol. The highest BCUT2D eigenvalue weighted by molar-refractivity contribution is 14.0. The van der Waals surface area contributed by atoms with Crippen LogP contribution in [0.2, 0.25) is 0 Å². The lowest BCUT2D eigenvalue weighted by Gasteiger charge is -2.27. The highest BCUT2D eigenvalue weighted by Crippen LogP contribution is 2.19. The summed E-state index contributed by atoms with van der Waals surface area (Å²) in [6.07, 6.45) is 3.68. The molecule has 1 aromatic rings. The van der Waals surface area contributed by atoms with Crippen molar-refractivity contribution in [2.75, 3.05) is 26.9 Å². The number of halogens is 1. The van der Waals surface area contributed by atoms with Crippen molar-refractivity contribution in [3.63, 3.8) is 0 Å². The van der Waals surface area contributed by atoms with E-state index in [9.17, 15) is 0 Å². The minimum Gasteiger partial charge on any atom is -0.355 e. The average Bonchev–Trinajstić information content (AvgIpc) is 2.76. The summed E-state index contributed by atoms with van der Waals surface area (Å²) in [6.45, 7) is 5.96. The summed E-state index contributed by atoms with van der Waals surface area (Å²) < 4.78 is 1.96. The fourth-order valence-electron chi connectivity index (χ4n) is 1.50. The smallest absolute Gasteiger partial charge is 0.193 e. The van der Waals surface area contributed by atoms with E-state index >= 15 is 0 Å². The Morgan fingerprint density at radius 3 is 2.65 bits per heavy atom. The third-order valence-corrected chi connectivity index (χ3v) is 4.23. The molecule has 1 rings (SSSR count). The topological polar surface area (TPSA) is 58.3 Å². The third kappa shape index (κ3) is 5.86. The highest BCUT2D eigenvalue weighted by Gasteiger charge is 2.17. The molecule has 0 spiro atoms. The molecule has 0 saturated heterocycles. The predicted octanol–water partition coefficient (Wildman–Crippen LogP) is 1.58. The zero-order chi connectivity index (χ0) is 14.5. The van der Waals surface area contributed by atoms with Gasteiger partial charge in [-0.25, -0.2) is 4.98 Å². The van der Waals surface area contributed by atoms with Gasteiger partial charge >= 0.3 is 0 Å². The summed E-state index contributed by atoms with van der Waals surface area (Å²) in [5, 5.41) is 7.46. The first-order valence-corrected chi connectivity index (χ1v) is 7.42. The number of aromatic nitrogens is 3. The Morgan fingerprint density at radius 1 is 1.55 bits per heavy atom. The number of nitrogens with one attached hydrogen (secondary N) is 1. The van der Waals surface area contributed by atoms with Crippen LogP contribution >= 0.6 is 35.7 Å². The number of rotatable bonds is 5. The Kier molecular flexibility index (Phi) is 8.48. The van der Waals surface area contributed by atoms with Crippen LogP contribution in [0.3, 0.4) is 0 Å². The second kappa shape index (κ2) is 8.71. The molecule has 1 heterocycles. The van der Waals surface area contributed by atoms with Crippen molar-refractivity contribution in [3.8, 4) is 0 Å². The number of aryl methyl sites for hydroxylation is 1. The molecule has 0 radical (unpaired) electrons. The molecule has 0 aromatic carbocycles. The molecule has 0 fully saturated rings. The molecule has 0 saturated carbocycles. The van der Waals surface area contributed by atoms with Crippen molar-refractivity contribution < 1.29 is 0 Å². The second-order valence-electron chi connectivity index (χ2n) is 5.02. The van der Waals surface area contributed by atoms with Gasteiger partial charge in [0.05, 0.1) is 6.54 Å². The standard InChI is InChI=1S/C12H24N6S.HI/c1-12(2,19-6)8-14-11(13-3)17(4)7-10-15-9-16-18(10)5;/h9H,7-8H2,1-6H3,(H,13,14);1H. The van der Waals surface area contributed by atoms with Crippen molar-refractivity contribution in [3.05, 3.63) is 12.2 Å². The maximum Gasteiger partial charge on any atom is 0.193 e. The maximum atomic E-state index is 4.30. The summed E-state index contributed by atoms with van der Waals surface area (Å²) in [6, 6.07) is 0. The molecule has 0 unspecified atom stereocenters. The maximum absolute atomic E-state index is 4.30. The number of hydrogen-bond donors (Lipinski definition) is 1. The van der Waals surface area contributed by atoms with E-state index < -0.39 is 0 Å².